The minimum atomic E-state index is 0.771. The number of aromatic nitrogens is 2. The highest BCUT2D eigenvalue weighted by Crippen LogP contribution is 2.25. The van der Waals surface area contributed by atoms with Crippen molar-refractivity contribution in [1.82, 2.24) is 15.1 Å². The van der Waals surface area contributed by atoms with E-state index in [0.29, 0.717) is 0 Å². The second-order valence-corrected chi connectivity index (χ2v) is 5.57. The molecule has 0 atom stereocenters. The number of benzene rings is 1. The monoisotopic (exact) mass is 305 g/mol. The van der Waals surface area contributed by atoms with Gasteiger partial charge in [0.2, 0.25) is 0 Å². The molecule has 4 heteroatoms. The lowest BCUT2D eigenvalue weighted by Crippen LogP contribution is -2.16. The molecule has 1 heterocycles. The molecular formula is C17H24ClN3. The van der Waals surface area contributed by atoms with Gasteiger partial charge in [0.15, 0.2) is 0 Å². The van der Waals surface area contributed by atoms with Crippen molar-refractivity contribution in [3.05, 3.63) is 46.2 Å². The average molecular weight is 306 g/mol. The molecule has 0 radical (unpaired) electrons. The molecule has 0 bridgehead atoms. The maximum atomic E-state index is 6.41. The lowest BCUT2D eigenvalue weighted by Gasteiger charge is -2.14. The fourth-order valence-electron chi connectivity index (χ4n) is 2.42. The van der Waals surface area contributed by atoms with E-state index in [2.05, 4.69) is 38.2 Å². The van der Waals surface area contributed by atoms with Crippen LogP contribution in [0.1, 0.15) is 44.1 Å². The molecule has 2 rings (SSSR count). The molecule has 114 valence electrons. The van der Waals surface area contributed by atoms with Crippen molar-refractivity contribution in [1.29, 1.82) is 0 Å². The first-order valence-electron chi connectivity index (χ1n) is 7.77. The lowest BCUT2D eigenvalue weighted by atomic mass is 10.1. The summed E-state index contributed by atoms with van der Waals surface area (Å²) in [7, 11) is 0. The van der Waals surface area contributed by atoms with Gasteiger partial charge in [0.25, 0.3) is 0 Å². The fraction of sp³-hybridized carbons (Fsp3) is 0.471. The molecule has 0 saturated carbocycles. The zero-order valence-electron chi connectivity index (χ0n) is 13.1. The van der Waals surface area contributed by atoms with E-state index in [0.717, 1.165) is 54.3 Å². The number of hydrogen-bond acceptors (Lipinski definition) is 2. The molecule has 0 aliphatic carbocycles. The van der Waals surface area contributed by atoms with Crippen LogP contribution in [0.25, 0.3) is 5.69 Å². The Balaban J connectivity index is 2.43. The smallest absolute Gasteiger partial charge is 0.0708 e. The lowest BCUT2D eigenvalue weighted by molar-refractivity contribution is 0.667. The minimum absolute atomic E-state index is 0.771. The van der Waals surface area contributed by atoms with E-state index in [1.807, 2.05) is 16.8 Å². The Morgan fingerprint density at radius 2 is 2.00 bits per heavy atom. The minimum Gasteiger partial charge on any atom is -0.313 e. The van der Waals surface area contributed by atoms with Gasteiger partial charge in [-0.3, -0.25) is 0 Å². The van der Waals surface area contributed by atoms with Crippen LogP contribution in [0.15, 0.2) is 24.3 Å². The van der Waals surface area contributed by atoms with Crippen LogP contribution in [0.5, 0.6) is 0 Å². The van der Waals surface area contributed by atoms with Gasteiger partial charge in [0, 0.05) is 22.8 Å². The first-order valence-corrected chi connectivity index (χ1v) is 8.15. The molecule has 0 spiro atoms. The van der Waals surface area contributed by atoms with Crippen LogP contribution in [0.4, 0.5) is 0 Å². The third-order valence-electron chi connectivity index (χ3n) is 3.61. The number of nitrogens with zero attached hydrogens (tertiary/aromatic N) is 2. The van der Waals surface area contributed by atoms with E-state index in [1.54, 1.807) is 0 Å². The highest BCUT2D eigenvalue weighted by molar-refractivity contribution is 6.31. The third kappa shape index (κ3) is 3.66. The topological polar surface area (TPSA) is 29.9 Å². The average Bonchev–Trinajstić information content (AvgIpc) is 2.92. The van der Waals surface area contributed by atoms with Crippen molar-refractivity contribution in [3.8, 4) is 5.69 Å². The van der Waals surface area contributed by atoms with Crippen molar-refractivity contribution in [2.45, 2.75) is 46.6 Å². The van der Waals surface area contributed by atoms with E-state index < -0.39 is 0 Å². The van der Waals surface area contributed by atoms with Crippen molar-refractivity contribution in [2.24, 2.45) is 0 Å². The molecule has 0 unspecified atom stereocenters. The van der Waals surface area contributed by atoms with Crippen LogP contribution in [0, 0.1) is 0 Å². The van der Waals surface area contributed by atoms with Crippen LogP contribution in [-0.4, -0.2) is 16.3 Å². The van der Waals surface area contributed by atoms with Crippen LogP contribution in [-0.2, 0) is 19.4 Å². The second kappa shape index (κ2) is 7.62. The standard InChI is InChI=1S/C17H24ClN3/c1-4-10-19-12-15-16(18)8-7-9-17(15)21-14(6-3)11-13(5-2)20-21/h7-9,11,19H,4-6,10,12H2,1-3H3. The zero-order chi connectivity index (χ0) is 15.2. The summed E-state index contributed by atoms with van der Waals surface area (Å²) in [6.45, 7) is 8.22. The summed E-state index contributed by atoms with van der Waals surface area (Å²) >= 11 is 6.41. The predicted molar refractivity (Wildman–Crippen MR) is 89.3 cm³/mol. The van der Waals surface area contributed by atoms with E-state index in [1.165, 1.54) is 5.69 Å². The van der Waals surface area contributed by atoms with Gasteiger partial charge in [-0.15, -0.1) is 0 Å². The Bertz CT molecular complexity index is 590. The first-order chi connectivity index (χ1) is 10.2. The molecule has 0 aliphatic heterocycles. The zero-order valence-corrected chi connectivity index (χ0v) is 13.9. The summed E-state index contributed by atoms with van der Waals surface area (Å²) in [6.07, 6.45) is 3.02. The molecule has 0 saturated heterocycles. The summed E-state index contributed by atoms with van der Waals surface area (Å²) < 4.78 is 2.05. The highest BCUT2D eigenvalue weighted by Gasteiger charge is 2.13. The van der Waals surface area contributed by atoms with E-state index in [-0.39, 0.29) is 0 Å². The maximum absolute atomic E-state index is 6.41. The van der Waals surface area contributed by atoms with Crippen LogP contribution in [0.2, 0.25) is 5.02 Å². The summed E-state index contributed by atoms with van der Waals surface area (Å²) in [6, 6.07) is 8.22. The molecule has 2 aromatic rings. The highest BCUT2D eigenvalue weighted by atomic mass is 35.5. The second-order valence-electron chi connectivity index (χ2n) is 5.16. The molecular weight excluding hydrogens is 282 g/mol. The van der Waals surface area contributed by atoms with Gasteiger partial charge < -0.3 is 5.32 Å². The van der Waals surface area contributed by atoms with Crippen LogP contribution < -0.4 is 5.32 Å². The molecule has 1 N–H and O–H groups in total. The van der Waals surface area contributed by atoms with Crippen molar-refractivity contribution < 1.29 is 0 Å². The Morgan fingerprint density at radius 1 is 1.19 bits per heavy atom. The number of hydrogen-bond donors (Lipinski definition) is 1. The fourth-order valence-corrected chi connectivity index (χ4v) is 2.66. The van der Waals surface area contributed by atoms with Gasteiger partial charge in [-0.2, -0.15) is 5.10 Å². The molecule has 21 heavy (non-hydrogen) atoms. The predicted octanol–water partition coefficient (Wildman–Crippen LogP) is 4.15. The number of nitrogens with one attached hydrogen (secondary N) is 1. The molecule has 0 amide bonds. The van der Waals surface area contributed by atoms with Gasteiger partial charge in [-0.05, 0) is 44.0 Å². The molecule has 3 nitrogen and oxygen atoms in total. The quantitative estimate of drug-likeness (QED) is 0.779. The summed E-state index contributed by atoms with van der Waals surface area (Å²) in [5.41, 5.74) is 4.56. The molecule has 0 fully saturated rings. The SMILES string of the molecule is CCCNCc1c(Cl)cccc1-n1nc(CC)cc1CC. The Labute approximate surface area is 132 Å². The van der Waals surface area contributed by atoms with Crippen molar-refractivity contribution in [2.75, 3.05) is 6.54 Å². The van der Waals surface area contributed by atoms with E-state index >= 15 is 0 Å². The van der Waals surface area contributed by atoms with Gasteiger partial charge in [-0.25, -0.2) is 4.68 Å². The van der Waals surface area contributed by atoms with Gasteiger partial charge in [-0.1, -0.05) is 38.4 Å². The Morgan fingerprint density at radius 3 is 2.67 bits per heavy atom. The number of aryl methyl sites for hydroxylation is 2. The normalized spacial score (nSPS) is 11.0. The number of halogens is 1. The van der Waals surface area contributed by atoms with Crippen molar-refractivity contribution in [3.63, 3.8) is 0 Å². The Kier molecular flexibility index (Phi) is 5.83. The van der Waals surface area contributed by atoms with E-state index in [9.17, 15) is 0 Å². The van der Waals surface area contributed by atoms with Crippen LogP contribution >= 0.6 is 11.6 Å². The molecule has 0 aliphatic rings. The number of rotatable bonds is 7. The summed E-state index contributed by atoms with van der Waals surface area (Å²) in [5, 5.41) is 8.96. The largest absolute Gasteiger partial charge is 0.313 e. The summed E-state index contributed by atoms with van der Waals surface area (Å²) in [4.78, 5) is 0. The molecule has 1 aromatic heterocycles. The third-order valence-corrected chi connectivity index (χ3v) is 3.96. The van der Waals surface area contributed by atoms with Crippen molar-refractivity contribution >= 4 is 11.6 Å². The first kappa shape index (κ1) is 16.1. The molecule has 1 aromatic carbocycles. The van der Waals surface area contributed by atoms with Gasteiger partial charge in [0.1, 0.15) is 0 Å². The van der Waals surface area contributed by atoms with Gasteiger partial charge >= 0.3 is 0 Å². The van der Waals surface area contributed by atoms with E-state index in [4.69, 9.17) is 16.7 Å². The Hall–Kier alpha value is -1.32. The maximum Gasteiger partial charge on any atom is 0.0708 e. The summed E-state index contributed by atoms with van der Waals surface area (Å²) in [5.74, 6) is 0. The van der Waals surface area contributed by atoms with Crippen LogP contribution in [0.3, 0.4) is 0 Å². The van der Waals surface area contributed by atoms with Gasteiger partial charge in [0.05, 0.1) is 11.4 Å².